The molecule has 6 nitrogen and oxygen atoms in total. The van der Waals surface area contributed by atoms with Gasteiger partial charge in [0.05, 0.1) is 11.7 Å². The van der Waals surface area contributed by atoms with Gasteiger partial charge < -0.3 is 20.7 Å². The van der Waals surface area contributed by atoms with E-state index in [1.807, 2.05) is 0 Å². The Morgan fingerprint density at radius 1 is 1.45 bits per heavy atom. The van der Waals surface area contributed by atoms with Crippen LogP contribution < -0.4 is 20.7 Å². The molecule has 3 rings (SSSR count). The number of carbonyl (C=O) groups excluding carboxylic acids is 2. The Labute approximate surface area is 116 Å². The summed E-state index contributed by atoms with van der Waals surface area (Å²) in [5.74, 6) is 0.395. The lowest BCUT2D eigenvalue weighted by molar-refractivity contribution is -0.122. The highest BCUT2D eigenvalue weighted by Crippen LogP contribution is 2.32. The van der Waals surface area contributed by atoms with E-state index in [-0.39, 0.29) is 17.9 Å². The Hall–Kier alpha value is -2.08. The van der Waals surface area contributed by atoms with Crippen molar-refractivity contribution in [3.05, 3.63) is 18.2 Å². The molecule has 6 heteroatoms. The zero-order valence-electron chi connectivity index (χ0n) is 11.2. The molecule has 0 aromatic heterocycles. The highest BCUT2D eigenvalue weighted by Gasteiger charge is 2.25. The molecule has 1 aromatic rings. The van der Waals surface area contributed by atoms with Gasteiger partial charge in [0.2, 0.25) is 5.91 Å². The third kappa shape index (κ3) is 2.46. The number of nitrogens with one attached hydrogen (secondary N) is 3. The minimum atomic E-state index is -0.495. The van der Waals surface area contributed by atoms with E-state index < -0.39 is 6.10 Å². The molecule has 106 valence electrons. The molecule has 3 N–H and O–H groups in total. The topological polar surface area (TPSA) is 79.5 Å². The van der Waals surface area contributed by atoms with Gasteiger partial charge in [-0.25, -0.2) is 0 Å². The Balaban J connectivity index is 1.74. The fraction of sp³-hybridized carbons (Fsp3) is 0.429. The Morgan fingerprint density at radius 2 is 2.30 bits per heavy atom. The maximum absolute atomic E-state index is 12.0. The SMILES string of the molecule is CC1Oc2ccc(NC(=O)[C@H]3CCCN3)cc2NC1=O. The van der Waals surface area contributed by atoms with E-state index in [1.54, 1.807) is 25.1 Å². The summed E-state index contributed by atoms with van der Waals surface area (Å²) in [6.45, 7) is 2.57. The van der Waals surface area contributed by atoms with Gasteiger partial charge in [-0.3, -0.25) is 9.59 Å². The van der Waals surface area contributed by atoms with E-state index in [9.17, 15) is 9.59 Å². The fourth-order valence-electron chi connectivity index (χ4n) is 2.42. The molecule has 20 heavy (non-hydrogen) atoms. The van der Waals surface area contributed by atoms with Crippen LogP contribution in [0.15, 0.2) is 18.2 Å². The summed E-state index contributed by atoms with van der Waals surface area (Å²) in [6, 6.07) is 5.11. The van der Waals surface area contributed by atoms with E-state index >= 15 is 0 Å². The van der Waals surface area contributed by atoms with E-state index in [4.69, 9.17) is 4.74 Å². The summed E-state index contributed by atoms with van der Waals surface area (Å²) in [7, 11) is 0. The van der Waals surface area contributed by atoms with Gasteiger partial charge in [0.25, 0.3) is 5.91 Å². The summed E-state index contributed by atoms with van der Waals surface area (Å²) in [4.78, 5) is 23.6. The highest BCUT2D eigenvalue weighted by molar-refractivity contribution is 6.00. The molecule has 1 fully saturated rings. The van der Waals surface area contributed by atoms with Crippen LogP contribution in [0, 0.1) is 0 Å². The maximum atomic E-state index is 12.0. The number of carbonyl (C=O) groups is 2. The van der Waals surface area contributed by atoms with E-state index in [2.05, 4.69) is 16.0 Å². The maximum Gasteiger partial charge on any atom is 0.265 e. The smallest absolute Gasteiger partial charge is 0.265 e. The fourth-order valence-corrected chi connectivity index (χ4v) is 2.42. The van der Waals surface area contributed by atoms with Gasteiger partial charge in [-0.05, 0) is 44.5 Å². The molecule has 0 radical (unpaired) electrons. The predicted molar refractivity (Wildman–Crippen MR) is 74.8 cm³/mol. The van der Waals surface area contributed by atoms with Crippen molar-refractivity contribution < 1.29 is 14.3 Å². The van der Waals surface area contributed by atoms with Gasteiger partial charge in [-0.1, -0.05) is 0 Å². The van der Waals surface area contributed by atoms with E-state index in [0.29, 0.717) is 17.1 Å². The van der Waals surface area contributed by atoms with Crippen LogP contribution in [-0.4, -0.2) is 30.5 Å². The van der Waals surface area contributed by atoms with Crippen LogP contribution >= 0.6 is 0 Å². The third-order valence-corrected chi connectivity index (χ3v) is 3.55. The first-order chi connectivity index (χ1) is 9.63. The van der Waals surface area contributed by atoms with Gasteiger partial charge in [0.1, 0.15) is 5.75 Å². The largest absolute Gasteiger partial charge is 0.479 e. The van der Waals surface area contributed by atoms with Crippen LogP contribution in [-0.2, 0) is 9.59 Å². The van der Waals surface area contributed by atoms with Crippen LogP contribution in [0.1, 0.15) is 19.8 Å². The molecule has 1 saturated heterocycles. The minimum Gasteiger partial charge on any atom is -0.479 e. The predicted octanol–water partition coefficient (Wildman–Crippen LogP) is 1.10. The van der Waals surface area contributed by atoms with Crippen molar-refractivity contribution in [2.24, 2.45) is 0 Å². The van der Waals surface area contributed by atoms with Crippen LogP contribution in [0.4, 0.5) is 11.4 Å². The Morgan fingerprint density at radius 3 is 3.05 bits per heavy atom. The second-order valence-corrected chi connectivity index (χ2v) is 5.10. The molecule has 1 unspecified atom stereocenters. The molecular formula is C14H17N3O3. The van der Waals surface area contributed by atoms with Crippen molar-refractivity contribution in [1.82, 2.24) is 5.32 Å². The van der Waals surface area contributed by atoms with Crippen molar-refractivity contribution >= 4 is 23.2 Å². The first-order valence-electron chi connectivity index (χ1n) is 6.79. The van der Waals surface area contributed by atoms with Crippen molar-refractivity contribution in [3.8, 4) is 5.75 Å². The summed E-state index contributed by atoms with van der Waals surface area (Å²) < 4.78 is 5.47. The summed E-state index contributed by atoms with van der Waals surface area (Å²) in [6.07, 6.45) is 1.38. The monoisotopic (exact) mass is 275 g/mol. The highest BCUT2D eigenvalue weighted by atomic mass is 16.5. The zero-order valence-corrected chi connectivity index (χ0v) is 11.2. The van der Waals surface area contributed by atoms with Gasteiger partial charge in [0.15, 0.2) is 6.10 Å². The number of hydrogen-bond donors (Lipinski definition) is 3. The van der Waals surface area contributed by atoms with Crippen molar-refractivity contribution in [3.63, 3.8) is 0 Å². The van der Waals surface area contributed by atoms with E-state index in [1.165, 1.54) is 0 Å². The van der Waals surface area contributed by atoms with Gasteiger partial charge in [-0.15, -0.1) is 0 Å². The molecule has 2 heterocycles. The molecule has 0 saturated carbocycles. The van der Waals surface area contributed by atoms with E-state index in [0.717, 1.165) is 19.4 Å². The van der Waals surface area contributed by atoms with Crippen molar-refractivity contribution in [2.75, 3.05) is 17.2 Å². The lowest BCUT2D eigenvalue weighted by Crippen LogP contribution is -2.36. The van der Waals surface area contributed by atoms with Crippen molar-refractivity contribution in [1.29, 1.82) is 0 Å². The molecule has 2 aliphatic heterocycles. The molecule has 0 spiro atoms. The number of fused-ring (bicyclic) bond motifs is 1. The average molecular weight is 275 g/mol. The van der Waals surface area contributed by atoms with Crippen LogP contribution in [0.3, 0.4) is 0 Å². The first-order valence-corrected chi connectivity index (χ1v) is 6.79. The number of anilines is 2. The molecule has 1 aromatic carbocycles. The summed E-state index contributed by atoms with van der Waals surface area (Å²) in [5, 5.41) is 8.76. The number of amides is 2. The third-order valence-electron chi connectivity index (χ3n) is 3.55. The molecule has 2 aliphatic rings. The normalized spacial score (nSPS) is 24.6. The quantitative estimate of drug-likeness (QED) is 0.755. The number of benzene rings is 1. The second kappa shape index (κ2) is 5.13. The van der Waals surface area contributed by atoms with Crippen LogP contribution in [0.2, 0.25) is 0 Å². The molecule has 2 amide bonds. The number of rotatable bonds is 2. The van der Waals surface area contributed by atoms with Gasteiger partial charge >= 0.3 is 0 Å². The molecular weight excluding hydrogens is 258 g/mol. The zero-order chi connectivity index (χ0) is 14.1. The first kappa shape index (κ1) is 12.9. The Kier molecular flexibility index (Phi) is 3.31. The second-order valence-electron chi connectivity index (χ2n) is 5.10. The molecule has 2 atom stereocenters. The Bertz CT molecular complexity index is 553. The lowest BCUT2D eigenvalue weighted by Gasteiger charge is -2.23. The molecule has 0 aliphatic carbocycles. The summed E-state index contributed by atoms with van der Waals surface area (Å²) >= 11 is 0. The van der Waals surface area contributed by atoms with Crippen LogP contribution in [0.25, 0.3) is 0 Å². The number of ether oxygens (including phenoxy) is 1. The van der Waals surface area contributed by atoms with Gasteiger partial charge in [0, 0.05) is 5.69 Å². The summed E-state index contributed by atoms with van der Waals surface area (Å²) in [5.41, 5.74) is 1.24. The standard InChI is InChI=1S/C14H17N3O3/c1-8-13(18)17-11-7-9(4-5-12(11)20-8)16-14(19)10-3-2-6-15-10/h4-5,7-8,10,15H,2-3,6H2,1H3,(H,16,19)(H,17,18)/t8?,10-/m1/s1. The average Bonchev–Trinajstić information content (AvgIpc) is 2.94. The molecule has 0 bridgehead atoms. The lowest BCUT2D eigenvalue weighted by atomic mass is 10.2. The van der Waals surface area contributed by atoms with Gasteiger partial charge in [-0.2, -0.15) is 0 Å². The van der Waals surface area contributed by atoms with Crippen LogP contribution in [0.5, 0.6) is 5.75 Å². The number of hydrogen-bond acceptors (Lipinski definition) is 4. The minimum absolute atomic E-state index is 0.0427. The van der Waals surface area contributed by atoms with Crippen molar-refractivity contribution in [2.45, 2.75) is 31.9 Å².